The Bertz CT molecular complexity index is 1130. The van der Waals surface area contributed by atoms with E-state index in [1.807, 2.05) is 12.1 Å². The average molecular weight is 420 g/mol. The summed E-state index contributed by atoms with van der Waals surface area (Å²) in [6.45, 7) is 2.23. The highest BCUT2D eigenvalue weighted by molar-refractivity contribution is 7.18. The van der Waals surface area contributed by atoms with E-state index < -0.39 is 0 Å². The van der Waals surface area contributed by atoms with E-state index in [2.05, 4.69) is 52.9 Å². The molecule has 0 radical (unpaired) electrons. The number of aromatic amines is 1. The Kier molecular flexibility index (Phi) is 5.51. The van der Waals surface area contributed by atoms with Gasteiger partial charge in [-0.15, -0.1) is 11.3 Å². The molecular weight excluding hydrogens is 392 g/mol. The number of fused-ring (bicyclic) bond motifs is 2. The lowest BCUT2D eigenvalue weighted by Crippen LogP contribution is -3.14. The van der Waals surface area contributed by atoms with Crippen molar-refractivity contribution < 1.29 is 9.69 Å². The predicted octanol–water partition coefficient (Wildman–Crippen LogP) is 3.25. The van der Waals surface area contributed by atoms with Crippen LogP contribution in [0.1, 0.15) is 35.9 Å². The van der Waals surface area contributed by atoms with Crippen LogP contribution in [0.5, 0.6) is 0 Å². The van der Waals surface area contributed by atoms with Crippen molar-refractivity contribution in [1.82, 2.24) is 15.3 Å². The van der Waals surface area contributed by atoms with Crippen LogP contribution in [0, 0.1) is 0 Å². The Morgan fingerprint density at radius 1 is 1.17 bits per heavy atom. The number of H-pyrrole nitrogens is 1. The summed E-state index contributed by atoms with van der Waals surface area (Å²) >= 11 is 1.78. The fourth-order valence-electron chi connectivity index (χ4n) is 4.57. The van der Waals surface area contributed by atoms with Crippen LogP contribution in [0.4, 0.5) is 0 Å². The summed E-state index contributed by atoms with van der Waals surface area (Å²) in [5.74, 6) is 0.137. The molecule has 1 saturated heterocycles. The second-order valence-corrected chi connectivity index (χ2v) is 9.17. The zero-order chi connectivity index (χ0) is 20.3. The number of quaternary nitrogens is 1. The van der Waals surface area contributed by atoms with Crippen LogP contribution < -0.4 is 10.2 Å². The highest BCUT2D eigenvalue weighted by Gasteiger charge is 2.31. The van der Waals surface area contributed by atoms with E-state index in [-0.39, 0.29) is 5.91 Å². The largest absolute Gasteiger partial charge is 0.361 e. The van der Waals surface area contributed by atoms with E-state index in [1.54, 1.807) is 11.3 Å². The van der Waals surface area contributed by atoms with Gasteiger partial charge in [0.25, 0.3) is 5.91 Å². The van der Waals surface area contributed by atoms with Crippen molar-refractivity contribution in [3.05, 3.63) is 65.3 Å². The van der Waals surface area contributed by atoms with Crippen LogP contribution >= 0.6 is 11.3 Å². The van der Waals surface area contributed by atoms with Gasteiger partial charge in [0.2, 0.25) is 0 Å². The molecule has 4 aromatic rings. The molecule has 1 fully saturated rings. The molecule has 0 saturated carbocycles. The Morgan fingerprint density at radius 2 is 2.03 bits per heavy atom. The van der Waals surface area contributed by atoms with Crippen molar-refractivity contribution >= 4 is 38.4 Å². The molecule has 6 heteroatoms. The van der Waals surface area contributed by atoms with Gasteiger partial charge in [0.05, 0.1) is 16.8 Å². The number of likely N-dealkylation sites (tertiary alicyclic amines) is 1. The third-order valence-electron chi connectivity index (χ3n) is 6.12. The number of hydrogen-bond acceptors (Lipinski definition) is 3. The Balaban J connectivity index is 1.20. The van der Waals surface area contributed by atoms with Gasteiger partial charge in [0, 0.05) is 30.1 Å². The predicted molar refractivity (Wildman–Crippen MR) is 122 cm³/mol. The Morgan fingerprint density at radius 3 is 2.97 bits per heavy atom. The lowest BCUT2D eigenvalue weighted by molar-refractivity contribution is -0.929. The first-order valence-electron chi connectivity index (χ1n) is 10.8. The van der Waals surface area contributed by atoms with Crippen LogP contribution in [-0.2, 0) is 11.2 Å². The average Bonchev–Trinajstić information content (AvgIpc) is 3.38. The first kappa shape index (κ1) is 19.3. The number of para-hydroxylation sites is 2. The number of carbonyl (C=O) groups is 1. The number of nitrogens with one attached hydrogen (secondary N) is 3. The van der Waals surface area contributed by atoms with Crippen LogP contribution in [0.3, 0.4) is 0 Å². The maximum Gasteiger partial charge on any atom is 0.275 e. The second kappa shape index (κ2) is 8.58. The van der Waals surface area contributed by atoms with E-state index in [4.69, 9.17) is 4.98 Å². The van der Waals surface area contributed by atoms with Crippen LogP contribution in [0.25, 0.3) is 21.1 Å². The highest BCUT2D eigenvalue weighted by Crippen LogP contribution is 2.28. The molecule has 2 aromatic carbocycles. The SMILES string of the molecule is O=C(C[NH+]1CCCC[C@@H]1c1nc2ccccc2s1)NCCc1c[nH]c2ccccc12. The third kappa shape index (κ3) is 3.98. The van der Waals surface area contributed by atoms with Crippen LogP contribution in [-0.4, -0.2) is 35.5 Å². The Labute approximate surface area is 180 Å². The number of piperidine rings is 1. The molecule has 1 unspecified atom stereocenters. The van der Waals surface area contributed by atoms with Crippen LogP contribution in [0.15, 0.2) is 54.7 Å². The maximum absolute atomic E-state index is 12.7. The maximum atomic E-state index is 12.7. The number of amides is 1. The minimum atomic E-state index is 0.137. The van der Waals surface area contributed by atoms with Crippen molar-refractivity contribution in [2.75, 3.05) is 19.6 Å². The van der Waals surface area contributed by atoms with Crippen molar-refractivity contribution in [3.8, 4) is 0 Å². The standard InChI is InChI=1S/C24H26N4OS/c29-23(25-13-12-17-15-26-19-8-2-1-7-18(17)19)16-28-14-6-5-10-21(28)24-27-20-9-3-4-11-22(20)30-24/h1-4,7-9,11,15,21,26H,5-6,10,12-14,16H2,(H,25,29)/p+1/t21-/m1/s1. The summed E-state index contributed by atoms with van der Waals surface area (Å²) in [5, 5.41) is 5.56. The van der Waals surface area contributed by atoms with Gasteiger partial charge in [0.15, 0.2) is 11.6 Å². The zero-order valence-corrected chi connectivity index (χ0v) is 17.8. The fourth-order valence-corrected chi connectivity index (χ4v) is 5.73. The molecule has 5 nitrogen and oxygen atoms in total. The van der Waals surface area contributed by atoms with Gasteiger partial charge in [-0.2, -0.15) is 0 Å². The molecule has 1 aliphatic rings. The number of nitrogens with zero attached hydrogens (tertiary/aromatic N) is 1. The molecule has 0 spiro atoms. The summed E-state index contributed by atoms with van der Waals surface area (Å²) in [4.78, 5) is 22.2. The molecule has 0 bridgehead atoms. The summed E-state index contributed by atoms with van der Waals surface area (Å²) in [6.07, 6.45) is 6.39. The topological polar surface area (TPSA) is 62.2 Å². The van der Waals surface area contributed by atoms with Gasteiger partial charge in [-0.1, -0.05) is 30.3 Å². The number of aromatic nitrogens is 2. The normalized spacial score (nSPS) is 19.3. The minimum Gasteiger partial charge on any atom is -0.361 e. The summed E-state index contributed by atoms with van der Waals surface area (Å²) in [6, 6.07) is 17.0. The van der Waals surface area contributed by atoms with Gasteiger partial charge in [0.1, 0.15) is 6.04 Å². The van der Waals surface area contributed by atoms with Gasteiger partial charge in [-0.3, -0.25) is 4.79 Å². The molecule has 30 heavy (non-hydrogen) atoms. The summed E-state index contributed by atoms with van der Waals surface area (Å²) < 4.78 is 1.24. The molecule has 1 amide bonds. The number of thiazole rings is 1. The summed E-state index contributed by atoms with van der Waals surface area (Å²) in [5.41, 5.74) is 3.48. The number of benzene rings is 2. The molecule has 5 rings (SSSR count). The number of carbonyl (C=O) groups excluding carboxylic acids is 1. The lowest BCUT2D eigenvalue weighted by atomic mass is 10.0. The summed E-state index contributed by atoms with van der Waals surface area (Å²) in [7, 11) is 0. The van der Waals surface area contributed by atoms with Gasteiger partial charge >= 0.3 is 0 Å². The first-order valence-corrected chi connectivity index (χ1v) is 11.6. The fraction of sp³-hybridized carbons (Fsp3) is 0.333. The van der Waals surface area contributed by atoms with E-state index in [1.165, 1.54) is 38.4 Å². The first-order chi connectivity index (χ1) is 14.8. The number of hydrogen-bond donors (Lipinski definition) is 3. The second-order valence-electron chi connectivity index (χ2n) is 8.11. The molecule has 3 N–H and O–H groups in total. The molecule has 3 heterocycles. The monoisotopic (exact) mass is 419 g/mol. The third-order valence-corrected chi connectivity index (χ3v) is 7.27. The van der Waals surface area contributed by atoms with Gasteiger partial charge in [-0.25, -0.2) is 4.98 Å². The quantitative estimate of drug-likeness (QED) is 0.449. The molecule has 1 aliphatic heterocycles. The molecular formula is C24H27N4OS+. The molecule has 2 atom stereocenters. The van der Waals surface area contributed by atoms with E-state index in [9.17, 15) is 4.79 Å². The van der Waals surface area contributed by atoms with Crippen LogP contribution in [0.2, 0.25) is 0 Å². The molecule has 154 valence electrons. The van der Waals surface area contributed by atoms with E-state index in [0.717, 1.165) is 30.4 Å². The van der Waals surface area contributed by atoms with Gasteiger partial charge < -0.3 is 15.2 Å². The van der Waals surface area contributed by atoms with Crippen molar-refractivity contribution in [3.63, 3.8) is 0 Å². The smallest absolute Gasteiger partial charge is 0.275 e. The van der Waals surface area contributed by atoms with Gasteiger partial charge in [-0.05, 0) is 43.0 Å². The van der Waals surface area contributed by atoms with Crippen molar-refractivity contribution in [1.29, 1.82) is 0 Å². The molecule has 2 aromatic heterocycles. The van der Waals surface area contributed by atoms with Crippen molar-refractivity contribution in [2.24, 2.45) is 0 Å². The minimum absolute atomic E-state index is 0.137. The zero-order valence-electron chi connectivity index (χ0n) is 17.0. The highest BCUT2D eigenvalue weighted by atomic mass is 32.1. The van der Waals surface area contributed by atoms with E-state index in [0.29, 0.717) is 19.1 Å². The number of rotatable bonds is 6. The van der Waals surface area contributed by atoms with Crippen molar-refractivity contribution in [2.45, 2.75) is 31.7 Å². The van der Waals surface area contributed by atoms with E-state index >= 15 is 0 Å². The Hall–Kier alpha value is -2.70. The lowest BCUT2D eigenvalue weighted by Gasteiger charge is -2.30. The molecule has 0 aliphatic carbocycles.